The van der Waals surface area contributed by atoms with Crippen LogP contribution in [0.2, 0.25) is 0 Å². The zero-order valence-electron chi connectivity index (χ0n) is 16.6. The van der Waals surface area contributed by atoms with Crippen molar-refractivity contribution in [1.29, 1.82) is 0 Å². The minimum atomic E-state index is 0.764. The summed E-state index contributed by atoms with van der Waals surface area (Å²) in [4.78, 5) is 10.9. The smallest absolute Gasteiger partial charge is 0.199 e. The number of nitrogens with zero attached hydrogens (tertiary/aromatic N) is 4. The summed E-state index contributed by atoms with van der Waals surface area (Å²) in [6.07, 6.45) is 8.64. The maximum Gasteiger partial charge on any atom is 0.199 e. The van der Waals surface area contributed by atoms with Crippen molar-refractivity contribution in [2.75, 3.05) is 18.0 Å². The summed E-state index contributed by atoms with van der Waals surface area (Å²) in [5.74, 6) is 1.74. The third-order valence-corrected chi connectivity index (χ3v) is 6.04. The predicted molar refractivity (Wildman–Crippen MR) is 113 cm³/mol. The molecular formula is C23H24N4O2. The molecule has 1 aliphatic carbocycles. The van der Waals surface area contributed by atoms with Crippen molar-refractivity contribution in [3.8, 4) is 22.6 Å². The number of hydrogen-bond donors (Lipinski definition) is 1. The van der Waals surface area contributed by atoms with Gasteiger partial charge in [-0.2, -0.15) is 0 Å². The van der Waals surface area contributed by atoms with E-state index in [1.165, 1.54) is 24.8 Å². The Hall–Kier alpha value is -3.15. The molecule has 0 unspecified atom stereocenters. The van der Waals surface area contributed by atoms with Crippen LogP contribution in [0.3, 0.4) is 0 Å². The van der Waals surface area contributed by atoms with E-state index in [9.17, 15) is 5.21 Å². The number of aromatic nitrogens is 2. The number of furan rings is 1. The summed E-state index contributed by atoms with van der Waals surface area (Å²) in [5.41, 5.74) is 7.15. The largest absolute Gasteiger partial charge is 0.438 e. The van der Waals surface area contributed by atoms with Crippen LogP contribution in [0.1, 0.15) is 42.4 Å². The first-order valence-electron chi connectivity index (χ1n) is 10.3. The number of benzene rings is 1. The first-order chi connectivity index (χ1) is 14.3. The Morgan fingerprint density at radius 3 is 2.72 bits per heavy atom. The van der Waals surface area contributed by atoms with E-state index < -0.39 is 0 Å². The van der Waals surface area contributed by atoms with E-state index in [-0.39, 0.29) is 0 Å². The van der Waals surface area contributed by atoms with Gasteiger partial charge < -0.3 is 14.5 Å². The molecule has 0 atom stereocenters. The number of anilines is 1. The monoisotopic (exact) mass is 388 g/mol. The van der Waals surface area contributed by atoms with Crippen molar-refractivity contribution in [2.24, 2.45) is 5.16 Å². The molecule has 148 valence electrons. The van der Waals surface area contributed by atoms with Crippen LogP contribution in [-0.4, -0.2) is 34.0 Å². The van der Waals surface area contributed by atoms with Crippen LogP contribution in [0, 0.1) is 6.92 Å². The molecule has 1 aliphatic heterocycles. The Kier molecular flexibility index (Phi) is 4.54. The van der Waals surface area contributed by atoms with E-state index in [1.54, 1.807) is 12.5 Å². The zero-order chi connectivity index (χ0) is 19.8. The second kappa shape index (κ2) is 7.35. The lowest BCUT2D eigenvalue weighted by atomic mass is 9.96. The van der Waals surface area contributed by atoms with Crippen molar-refractivity contribution in [3.05, 3.63) is 53.5 Å². The fourth-order valence-corrected chi connectivity index (χ4v) is 4.58. The molecule has 5 rings (SSSR count). The first-order valence-corrected chi connectivity index (χ1v) is 10.3. The number of hydrogen-bond acceptors (Lipinski definition) is 6. The Labute approximate surface area is 169 Å². The van der Waals surface area contributed by atoms with Gasteiger partial charge in [0.2, 0.25) is 0 Å². The Balaban J connectivity index is 1.66. The molecule has 1 aromatic carbocycles. The van der Waals surface area contributed by atoms with Gasteiger partial charge in [0.15, 0.2) is 11.6 Å². The highest BCUT2D eigenvalue weighted by atomic mass is 16.4. The number of piperidine rings is 1. The maximum atomic E-state index is 9.24. The average Bonchev–Trinajstić information content (AvgIpc) is 3.35. The lowest BCUT2D eigenvalue weighted by Gasteiger charge is -2.26. The van der Waals surface area contributed by atoms with Gasteiger partial charge in [-0.25, -0.2) is 9.97 Å². The quantitative estimate of drug-likeness (QED) is 0.514. The molecule has 6 heteroatoms. The normalized spacial score (nSPS) is 17.7. The predicted octanol–water partition coefficient (Wildman–Crippen LogP) is 4.83. The van der Waals surface area contributed by atoms with Gasteiger partial charge in [0.1, 0.15) is 12.0 Å². The minimum Gasteiger partial charge on any atom is -0.438 e. The number of oxime groups is 1. The molecule has 0 radical (unpaired) electrons. The molecule has 0 spiro atoms. The molecule has 0 saturated carbocycles. The third-order valence-electron chi connectivity index (χ3n) is 6.04. The highest BCUT2D eigenvalue weighted by Crippen LogP contribution is 2.43. The molecule has 0 bridgehead atoms. The van der Waals surface area contributed by atoms with Gasteiger partial charge in [-0.15, -0.1) is 0 Å². The molecule has 3 aromatic rings. The van der Waals surface area contributed by atoms with Crippen LogP contribution < -0.4 is 4.90 Å². The zero-order valence-corrected chi connectivity index (χ0v) is 16.6. The molecule has 3 heterocycles. The summed E-state index contributed by atoms with van der Waals surface area (Å²) in [7, 11) is 0. The van der Waals surface area contributed by atoms with Gasteiger partial charge in [0, 0.05) is 36.0 Å². The summed E-state index contributed by atoms with van der Waals surface area (Å²) < 4.78 is 6.46. The Morgan fingerprint density at radius 1 is 1.10 bits per heavy atom. The Bertz CT molecular complexity index is 1070. The van der Waals surface area contributed by atoms with Gasteiger partial charge in [0.25, 0.3) is 0 Å². The molecule has 1 fully saturated rings. The van der Waals surface area contributed by atoms with E-state index in [0.717, 1.165) is 71.2 Å². The van der Waals surface area contributed by atoms with Crippen LogP contribution in [0.25, 0.3) is 22.6 Å². The van der Waals surface area contributed by atoms with Gasteiger partial charge in [0.05, 0.1) is 5.71 Å². The lowest BCUT2D eigenvalue weighted by molar-refractivity contribution is 0.318. The van der Waals surface area contributed by atoms with E-state index >= 15 is 0 Å². The van der Waals surface area contributed by atoms with Crippen LogP contribution in [0.5, 0.6) is 0 Å². The van der Waals surface area contributed by atoms with Gasteiger partial charge >= 0.3 is 0 Å². The third kappa shape index (κ3) is 3.09. The summed E-state index contributed by atoms with van der Waals surface area (Å²) >= 11 is 0. The van der Waals surface area contributed by atoms with Crippen LogP contribution in [0.15, 0.2) is 46.4 Å². The SMILES string of the molecule is Cc1c(N2CCCCC2)oc(-c2ccncn2)c1-c1ccc2c(c1)CCC2=NO. The molecule has 29 heavy (non-hydrogen) atoms. The van der Waals surface area contributed by atoms with Crippen LogP contribution in [0.4, 0.5) is 5.88 Å². The Morgan fingerprint density at radius 2 is 1.97 bits per heavy atom. The summed E-state index contributed by atoms with van der Waals surface area (Å²) in [5, 5.41) is 12.7. The highest BCUT2D eigenvalue weighted by molar-refractivity contribution is 6.04. The number of aryl methyl sites for hydroxylation is 1. The van der Waals surface area contributed by atoms with Crippen molar-refractivity contribution in [1.82, 2.24) is 9.97 Å². The van der Waals surface area contributed by atoms with Crippen LogP contribution >= 0.6 is 0 Å². The molecule has 6 nitrogen and oxygen atoms in total. The second-order valence-corrected chi connectivity index (χ2v) is 7.80. The van der Waals surface area contributed by atoms with Gasteiger partial charge in [-0.1, -0.05) is 23.4 Å². The van der Waals surface area contributed by atoms with E-state index in [1.807, 2.05) is 6.07 Å². The molecule has 2 aliphatic rings. The van der Waals surface area contributed by atoms with Crippen molar-refractivity contribution in [3.63, 3.8) is 0 Å². The van der Waals surface area contributed by atoms with E-state index in [4.69, 9.17) is 4.42 Å². The maximum absolute atomic E-state index is 9.24. The molecular weight excluding hydrogens is 364 g/mol. The number of rotatable bonds is 3. The standard InChI is InChI=1S/C23H24N4O2/c1-15-21(17-5-7-18-16(13-17)6-8-19(18)26-28)22(20-9-10-24-14-25-20)29-23(15)27-11-3-2-4-12-27/h5,7,9-10,13-14,28H,2-4,6,8,11-12H2,1H3. The number of fused-ring (bicyclic) bond motifs is 1. The molecule has 0 amide bonds. The molecule has 1 saturated heterocycles. The van der Waals surface area contributed by atoms with Crippen molar-refractivity contribution in [2.45, 2.75) is 39.0 Å². The molecule has 2 aromatic heterocycles. The van der Waals surface area contributed by atoms with Crippen molar-refractivity contribution >= 4 is 11.6 Å². The van der Waals surface area contributed by atoms with Gasteiger partial charge in [-0.3, -0.25) is 0 Å². The topological polar surface area (TPSA) is 74.8 Å². The van der Waals surface area contributed by atoms with E-state index in [2.05, 4.69) is 45.1 Å². The van der Waals surface area contributed by atoms with Gasteiger partial charge in [-0.05, 0) is 56.2 Å². The fraction of sp³-hybridized carbons (Fsp3) is 0.348. The first kappa shape index (κ1) is 17.9. The van der Waals surface area contributed by atoms with E-state index in [0.29, 0.717) is 0 Å². The fourth-order valence-electron chi connectivity index (χ4n) is 4.58. The average molecular weight is 388 g/mol. The second-order valence-electron chi connectivity index (χ2n) is 7.80. The lowest BCUT2D eigenvalue weighted by Crippen LogP contribution is -2.29. The minimum absolute atomic E-state index is 0.764. The van der Waals surface area contributed by atoms with Crippen molar-refractivity contribution < 1.29 is 9.62 Å². The summed E-state index contributed by atoms with van der Waals surface area (Å²) in [6, 6.07) is 8.25. The summed E-state index contributed by atoms with van der Waals surface area (Å²) in [6.45, 7) is 4.19. The highest BCUT2D eigenvalue weighted by Gasteiger charge is 2.27. The molecule has 1 N–H and O–H groups in total. The van der Waals surface area contributed by atoms with Crippen LogP contribution in [-0.2, 0) is 6.42 Å².